The van der Waals surface area contributed by atoms with Crippen molar-refractivity contribution in [2.45, 2.75) is 18.4 Å². The highest BCUT2D eigenvalue weighted by Gasteiger charge is 2.48. The molecule has 0 bridgehead atoms. The van der Waals surface area contributed by atoms with Crippen LogP contribution in [0.2, 0.25) is 0 Å². The van der Waals surface area contributed by atoms with E-state index in [1.54, 1.807) is 0 Å². The van der Waals surface area contributed by atoms with Crippen LogP contribution in [0.5, 0.6) is 0 Å². The van der Waals surface area contributed by atoms with Crippen LogP contribution in [-0.4, -0.2) is 111 Å². The second kappa shape index (κ2) is 7.80. The predicted molar refractivity (Wildman–Crippen MR) is 92.6 cm³/mol. The molecule has 0 saturated carbocycles. The van der Waals surface area contributed by atoms with Gasteiger partial charge in [-0.15, -0.1) is 0 Å². The predicted octanol–water partition coefficient (Wildman–Crippen LogP) is -0.815. The fourth-order valence-electron chi connectivity index (χ4n) is 4.46. The summed E-state index contributed by atoms with van der Waals surface area (Å²) in [6.45, 7) is 8.35. The Kier molecular flexibility index (Phi) is 5.45. The largest absolute Gasteiger partial charge is 0.379 e. The number of hydrogen-bond acceptors (Lipinski definition) is 6. The number of carbonyl (C=O) groups is 2. The minimum Gasteiger partial charge on any atom is -0.379 e. The third kappa shape index (κ3) is 3.60. The lowest BCUT2D eigenvalue weighted by Gasteiger charge is -2.44. The van der Waals surface area contributed by atoms with E-state index in [0.29, 0.717) is 52.5 Å². The minimum atomic E-state index is -0.320. The van der Waals surface area contributed by atoms with Crippen molar-refractivity contribution in [2.24, 2.45) is 5.92 Å². The van der Waals surface area contributed by atoms with Crippen LogP contribution in [0.1, 0.15) is 12.8 Å². The molecule has 0 aromatic heterocycles. The third-order valence-corrected chi connectivity index (χ3v) is 6.10. The molecule has 0 radical (unpaired) electrons. The number of likely N-dealkylation sites (tertiary alicyclic amines) is 1. The first-order valence-electron chi connectivity index (χ1n) is 9.73. The average molecular weight is 367 g/mol. The standard InChI is InChI=1S/C18H29N3O5/c22-16-11-15(12-20(16)3-2-19-4-8-24-9-5-19)17(23)21-6-10-26-14-18(21)1-7-25-13-18/h15H,1-14H2. The molecule has 8 nitrogen and oxygen atoms in total. The van der Waals surface area contributed by atoms with Gasteiger partial charge >= 0.3 is 0 Å². The smallest absolute Gasteiger partial charge is 0.228 e. The number of amides is 2. The summed E-state index contributed by atoms with van der Waals surface area (Å²) in [5.41, 5.74) is -0.320. The molecule has 146 valence electrons. The van der Waals surface area contributed by atoms with E-state index in [4.69, 9.17) is 14.2 Å². The third-order valence-electron chi connectivity index (χ3n) is 6.10. The zero-order valence-electron chi connectivity index (χ0n) is 15.4. The van der Waals surface area contributed by atoms with Crippen LogP contribution in [0.3, 0.4) is 0 Å². The Morgan fingerprint density at radius 1 is 1.00 bits per heavy atom. The zero-order valence-corrected chi connectivity index (χ0v) is 15.4. The summed E-state index contributed by atoms with van der Waals surface area (Å²) in [6, 6.07) is 0. The highest BCUT2D eigenvalue weighted by atomic mass is 16.5. The molecule has 2 atom stereocenters. The van der Waals surface area contributed by atoms with E-state index in [9.17, 15) is 9.59 Å². The van der Waals surface area contributed by atoms with E-state index >= 15 is 0 Å². The van der Waals surface area contributed by atoms with Crippen molar-refractivity contribution >= 4 is 11.8 Å². The maximum Gasteiger partial charge on any atom is 0.228 e. The molecule has 8 heteroatoms. The molecule has 0 aromatic rings. The average Bonchev–Trinajstić information content (AvgIpc) is 3.28. The number of ether oxygens (including phenoxy) is 3. The summed E-state index contributed by atoms with van der Waals surface area (Å²) < 4.78 is 16.6. The molecule has 0 aliphatic carbocycles. The van der Waals surface area contributed by atoms with Crippen LogP contribution in [0.15, 0.2) is 0 Å². The van der Waals surface area contributed by atoms with Gasteiger partial charge in [-0.05, 0) is 6.42 Å². The van der Waals surface area contributed by atoms with Gasteiger partial charge in [-0.2, -0.15) is 0 Å². The van der Waals surface area contributed by atoms with Gasteiger partial charge in [-0.1, -0.05) is 0 Å². The van der Waals surface area contributed by atoms with Crippen molar-refractivity contribution in [3.63, 3.8) is 0 Å². The van der Waals surface area contributed by atoms with Crippen molar-refractivity contribution in [1.29, 1.82) is 0 Å². The SMILES string of the molecule is O=C1CC(C(=O)N2CCOCC23CCOC3)CN1CCN1CCOCC1. The molecule has 4 heterocycles. The quantitative estimate of drug-likeness (QED) is 0.647. The normalized spacial score (nSPS) is 33.4. The Labute approximate surface area is 154 Å². The lowest BCUT2D eigenvalue weighted by atomic mass is 9.93. The van der Waals surface area contributed by atoms with Gasteiger partial charge in [-0.25, -0.2) is 0 Å². The van der Waals surface area contributed by atoms with Crippen LogP contribution in [0.25, 0.3) is 0 Å². The lowest BCUT2D eigenvalue weighted by Crippen LogP contribution is -2.61. The van der Waals surface area contributed by atoms with Crippen molar-refractivity contribution in [2.75, 3.05) is 78.9 Å². The van der Waals surface area contributed by atoms with Gasteiger partial charge in [0.25, 0.3) is 0 Å². The summed E-state index contributed by atoms with van der Waals surface area (Å²) in [5, 5.41) is 0. The van der Waals surface area contributed by atoms with Gasteiger partial charge in [-0.3, -0.25) is 14.5 Å². The molecule has 1 spiro atoms. The van der Waals surface area contributed by atoms with Crippen LogP contribution in [0, 0.1) is 5.92 Å². The Balaban J connectivity index is 1.34. The molecule has 4 aliphatic heterocycles. The van der Waals surface area contributed by atoms with E-state index in [1.165, 1.54) is 0 Å². The Bertz CT molecular complexity index is 531. The molecule has 26 heavy (non-hydrogen) atoms. The maximum absolute atomic E-state index is 13.2. The molecule has 4 aliphatic rings. The molecule has 4 fully saturated rings. The van der Waals surface area contributed by atoms with Gasteiger partial charge in [0.05, 0.1) is 44.5 Å². The summed E-state index contributed by atoms with van der Waals surface area (Å²) in [5.74, 6) is -0.0367. The van der Waals surface area contributed by atoms with Gasteiger partial charge in [0, 0.05) is 52.3 Å². The van der Waals surface area contributed by atoms with E-state index in [-0.39, 0.29) is 23.3 Å². The summed E-state index contributed by atoms with van der Waals surface area (Å²) in [7, 11) is 0. The number of hydrogen-bond donors (Lipinski definition) is 0. The second-order valence-corrected chi connectivity index (χ2v) is 7.76. The zero-order chi connectivity index (χ0) is 18.0. The van der Waals surface area contributed by atoms with Crippen molar-refractivity contribution in [1.82, 2.24) is 14.7 Å². The highest BCUT2D eigenvalue weighted by molar-refractivity contribution is 5.89. The first kappa shape index (κ1) is 18.2. The number of morpholine rings is 2. The van der Waals surface area contributed by atoms with Gasteiger partial charge < -0.3 is 24.0 Å². The van der Waals surface area contributed by atoms with Crippen LogP contribution in [0.4, 0.5) is 0 Å². The van der Waals surface area contributed by atoms with E-state index < -0.39 is 0 Å². The molecule has 4 saturated heterocycles. The first-order chi connectivity index (χ1) is 12.7. The maximum atomic E-state index is 13.2. The van der Waals surface area contributed by atoms with E-state index in [2.05, 4.69) is 4.90 Å². The van der Waals surface area contributed by atoms with Gasteiger partial charge in [0.1, 0.15) is 0 Å². The van der Waals surface area contributed by atoms with Crippen molar-refractivity contribution in [3.05, 3.63) is 0 Å². The van der Waals surface area contributed by atoms with Gasteiger partial charge in [0.2, 0.25) is 11.8 Å². The number of rotatable bonds is 4. The number of carbonyl (C=O) groups excluding carboxylic acids is 2. The second-order valence-electron chi connectivity index (χ2n) is 7.76. The van der Waals surface area contributed by atoms with E-state index in [1.807, 2.05) is 9.80 Å². The number of nitrogens with zero attached hydrogens (tertiary/aromatic N) is 3. The highest BCUT2D eigenvalue weighted by Crippen LogP contribution is 2.32. The molecule has 2 unspecified atom stereocenters. The summed E-state index contributed by atoms with van der Waals surface area (Å²) in [4.78, 5) is 31.7. The summed E-state index contributed by atoms with van der Waals surface area (Å²) >= 11 is 0. The Morgan fingerprint density at radius 2 is 1.73 bits per heavy atom. The topological polar surface area (TPSA) is 71.6 Å². The van der Waals surface area contributed by atoms with Crippen LogP contribution < -0.4 is 0 Å². The molecule has 4 rings (SSSR count). The molecule has 0 N–H and O–H groups in total. The first-order valence-corrected chi connectivity index (χ1v) is 9.73. The Morgan fingerprint density at radius 3 is 2.50 bits per heavy atom. The van der Waals surface area contributed by atoms with Crippen molar-refractivity contribution < 1.29 is 23.8 Å². The molecule has 0 aromatic carbocycles. The summed E-state index contributed by atoms with van der Waals surface area (Å²) in [6.07, 6.45) is 1.15. The molecule has 2 amide bonds. The molecular weight excluding hydrogens is 338 g/mol. The molecular formula is C18H29N3O5. The minimum absolute atomic E-state index is 0.0982. The van der Waals surface area contributed by atoms with Crippen LogP contribution >= 0.6 is 0 Å². The van der Waals surface area contributed by atoms with Gasteiger partial charge in [0.15, 0.2) is 0 Å². The lowest BCUT2D eigenvalue weighted by molar-refractivity contribution is -0.153. The van der Waals surface area contributed by atoms with Crippen molar-refractivity contribution in [3.8, 4) is 0 Å². The fourth-order valence-corrected chi connectivity index (χ4v) is 4.46. The fraction of sp³-hybridized carbons (Fsp3) is 0.889. The van der Waals surface area contributed by atoms with E-state index in [0.717, 1.165) is 39.3 Å². The Hall–Kier alpha value is -1.22. The van der Waals surface area contributed by atoms with Crippen LogP contribution in [-0.2, 0) is 23.8 Å². The monoisotopic (exact) mass is 367 g/mol.